The molecule has 1 atom stereocenters. The van der Waals surface area contributed by atoms with E-state index >= 15 is 0 Å². The maximum Gasteiger partial charge on any atom is 0.393 e. The van der Waals surface area contributed by atoms with E-state index in [1.807, 2.05) is 0 Å². The minimum absolute atomic E-state index is 0.0316. The number of rotatable bonds is 2. The Morgan fingerprint density at radius 1 is 1.20 bits per heavy atom. The van der Waals surface area contributed by atoms with Crippen LogP contribution in [0.25, 0.3) is 0 Å². The van der Waals surface area contributed by atoms with Crippen LogP contribution < -0.4 is 0 Å². The summed E-state index contributed by atoms with van der Waals surface area (Å²) in [5.74, 6) is -1.60. The molecule has 1 aliphatic heterocycles. The predicted molar refractivity (Wildman–Crippen MR) is 69.0 cm³/mol. The number of piperidine rings is 1. The van der Waals surface area contributed by atoms with Crippen molar-refractivity contribution in [3.8, 4) is 0 Å². The first-order chi connectivity index (χ1) is 9.21. The van der Waals surface area contributed by atoms with Gasteiger partial charge < -0.3 is 0 Å². The van der Waals surface area contributed by atoms with Crippen molar-refractivity contribution < 1.29 is 21.6 Å². The molecule has 1 aliphatic rings. The highest BCUT2D eigenvalue weighted by Crippen LogP contribution is 2.35. The van der Waals surface area contributed by atoms with Gasteiger partial charge in [0, 0.05) is 18.1 Å². The smallest absolute Gasteiger partial charge is 0.207 e. The summed E-state index contributed by atoms with van der Waals surface area (Å²) in [4.78, 5) is -0.0373. The molecule has 20 heavy (non-hydrogen) atoms. The fourth-order valence-corrected chi connectivity index (χ4v) is 3.83. The molecule has 0 unspecified atom stereocenters. The van der Waals surface area contributed by atoms with Gasteiger partial charge in [0.15, 0.2) is 0 Å². The number of hydrogen-bond acceptors (Lipinski definition) is 2. The van der Waals surface area contributed by atoms with Gasteiger partial charge in [0.05, 0.1) is 10.8 Å². The van der Waals surface area contributed by atoms with Gasteiger partial charge in [-0.15, -0.1) is 0 Å². The zero-order valence-electron chi connectivity index (χ0n) is 10.4. The minimum Gasteiger partial charge on any atom is -0.207 e. The lowest BCUT2D eigenvalue weighted by Gasteiger charge is -2.32. The van der Waals surface area contributed by atoms with Crippen molar-refractivity contribution in [3.05, 3.63) is 29.3 Å². The number of halogens is 4. The molecule has 2 rings (SSSR count). The number of benzene rings is 1. The van der Waals surface area contributed by atoms with Crippen molar-refractivity contribution in [1.82, 2.24) is 4.31 Å². The summed E-state index contributed by atoms with van der Waals surface area (Å²) in [5, 5.41) is 0.371. The minimum atomic E-state index is -4.37. The Morgan fingerprint density at radius 2 is 1.80 bits per heavy atom. The van der Waals surface area contributed by atoms with Gasteiger partial charge in [0.25, 0.3) is 0 Å². The predicted octanol–water partition coefficient (Wildman–Crippen LogP) is 3.30. The highest BCUT2D eigenvalue weighted by atomic mass is 35.5. The molecule has 0 aliphatic carbocycles. The van der Waals surface area contributed by atoms with Crippen LogP contribution in [-0.2, 0) is 10.0 Å². The van der Waals surface area contributed by atoms with Gasteiger partial charge in [-0.3, -0.25) is 0 Å². The number of alkyl halides is 3. The van der Waals surface area contributed by atoms with E-state index in [1.165, 1.54) is 24.3 Å². The highest BCUT2D eigenvalue weighted by Gasteiger charge is 2.44. The Hall–Kier alpha value is -0.790. The molecule has 1 fully saturated rings. The fourth-order valence-electron chi connectivity index (χ4n) is 2.18. The lowest BCUT2D eigenvalue weighted by atomic mass is 9.99. The second kappa shape index (κ2) is 5.54. The van der Waals surface area contributed by atoms with Gasteiger partial charge in [0.2, 0.25) is 10.0 Å². The lowest BCUT2D eigenvalue weighted by Crippen LogP contribution is -2.44. The molecule has 1 saturated heterocycles. The van der Waals surface area contributed by atoms with E-state index < -0.39 is 28.7 Å². The first-order valence-corrected chi connectivity index (χ1v) is 7.85. The average molecular weight is 328 g/mol. The van der Waals surface area contributed by atoms with Gasteiger partial charge in [-0.2, -0.15) is 17.5 Å². The third kappa shape index (κ3) is 3.27. The van der Waals surface area contributed by atoms with Gasteiger partial charge in [-0.25, -0.2) is 8.42 Å². The summed E-state index contributed by atoms with van der Waals surface area (Å²) in [6, 6.07) is 5.41. The molecule has 0 N–H and O–H groups in total. The fraction of sp³-hybridized carbons (Fsp3) is 0.500. The van der Waals surface area contributed by atoms with Crippen LogP contribution in [0, 0.1) is 5.92 Å². The molecule has 112 valence electrons. The summed E-state index contributed by atoms with van der Waals surface area (Å²) in [5.41, 5.74) is 0. The number of hydrogen-bond donors (Lipinski definition) is 0. The molecular weight excluding hydrogens is 315 g/mol. The maximum absolute atomic E-state index is 12.7. The number of sulfonamides is 1. The van der Waals surface area contributed by atoms with Gasteiger partial charge in [-0.05, 0) is 37.1 Å². The molecule has 3 nitrogen and oxygen atoms in total. The Labute approximate surface area is 120 Å². The first-order valence-electron chi connectivity index (χ1n) is 6.03. The third-order valence-corrected chi connectivity index (χ3v) is 5.43. The zero-order valence-corrected chi connectivity index (χ0v) is 12.0. The van der Waals surface area contributed by atoms with Crippen molar-refractivity contribution in [1.29, 1.82) is 0 Å². The Balaban J connectivity index is 2.23. The molecule has 0 bridgehead atoms. The summed E-state index contributed by atoms with van der Waals surface area (Å²) in [6.07, 6.45) is -4.19. The standard InChI is InChI=1S/C12H13ClF3NO2S/c13-10-3-5-11(6-4-10)20(18,19)17-7-1-2-9(8-17)12(14,15)16/h3-6,9H,1-2,7-8H2/t9-/m0/s1. The molecule has 1 heterocycles. The molecule has 8 heteroatoms. The van der Waals surface area contributed by atoms with Gasteiger partial charge in [0.1, 0.15) is 0 Å². The normalized spacial score (nSPS) is 21.9. The van der Waals surface area contributed by atoms with Crippen LogP contribution in [0.15, 0.2) is 29.2 Å². The van der Waals surface area contributed by atoms with E-state index in [4.69, 9.17) is 11.6 Å². The molecule has 0 aromatic heterocycles. The van der Waals surface area contributed by atoms with Crippen LogP contribution in [0.3, 0.4) is 0 Å². The van der Waals surface area contributed by atoms with E-state index in [9.17, 15) is 21.6 Å². The Kier molecular flexibility index (Phi) is 4.32. The SMILES string of the molecule is O=S(=O)(c1ccc(Cl)cc1)N1CCC[C@H](C(F)(F)F)C1. The second-order valence-corrected chi connectivity index (χ2v) is 7.07. The van der Waals surface area contributed by atoms with Crippen LogP contribution in [0.2, 0.25) is 5.02 Å². The van der Waals surface area contributed by atoms with E-state index in [0.29, 0.717) is 5.02 Å². The topological polar surface area (TPSA) is 37.4 Å². The van der Waals surface area contributed by atoms with Crippen LogP contribution in [-0.4, -0.2) is 32.0 Å². The Morgan fingerprint density at radius 3 is 2.35 bits per heavy atom. The summed E-state index contributed by atoms with van der Waals surface area (Å²) < 4.78 is 63.6. The quantitative estimate of drug-likeness (QED) is 0.835. The average Bonchev–Trinajstić information content (AvgIpc) is 2.38. The van der Waals surface area contributed by atoms with Crippen LogP contribution >= 0.6 is 11.6 Å². The van der Waals surface area contributed by atoms with Crippen molar-refractivity contribution in [2.24, 2.45) is 5.92 Å². The van der Waals surface area contributed by atoms with Crippen molar-refractivity contribution in [3.63, 3.8) is 0 Å². The van der Waals surface area contributed by atoms with Gasteiger partial charge >= 0.3 is 6.18 Å². The molecule has 1 aromatic carbocycles. The summed E-state index contributed by atoms with van der Waals surface area (Å²) in [7, 11) is -3.90. The Bertz CT molecular complexity index is 571. The lowest BCUT2D eigenvalue weighted by molar-refractivity contribution is -0.182. The van der Waals surface area contributed by atoms with Crippen molar-refractivity contribution >= 4 is 21.6 Å². The molecule has 0 radical (unpaired) electrons. The van der Waals surface area contributed by atoms with E-state index in [0.717, 1.165) is 4.31 Å². The van der Waals surface area contributed by atoms with Gasteiger partial charge in [-0.1, -0.05) is 11.6 Å². The zero-order chi connectivity index (χ0) is 15.0. The van der Waals surface area contributed by atoms with Crippen molar-refractivity contribution in [2.45, 2.75) is 23.9 Å². The summed E-state index contributed by atoms with van der Waals surface area (Å²) >= 11 is 5.67. The molecular formula is C12H13ClF3NO2S. The van der Waals surface area contributed by atoms with Crippen LogP contribution in [0.4, 0.5) is 13.2 Å². The second-order valence-electron chi connectivity index (χ2n) is 4.70. The van der Waals surface area contributed by atoms with E-state index in [2.05, 4.69) is 0 Å². The molecule has 1 aromatic rings. The first kappa shape index (κ1) is 15.6. The van der Waals surface area contributed by atoms with E-state index in [1.54, 1.807) is 0 Å². The third-order valence-electron chi connectivity index (χ3n) is 3.30. The summed E-state index contributed by atoms with van der Waals surface area (Å²) in [6.45, 7) is -0.411. The van der Waals surface area contributed by atoms with Crippen molar-refractivity contribution in [2.75, 3.05) is 13.1 Å². The molecule has 0 spiro atoms. The monoisotopic (exact) mass is 327 g/mol. The van der Waals surface area contributed by atoms with E-state index in [-0.39, 0.29) is 24.3 Å². The van der Waals surface area contributed by atoms with Crippen LogP contribution in [0.1, 0.15) is 12.8 Å². The number of nitrogens with zero attached hydrogens (tertiary/aromatic N) is 1. The highest BCUT2D eigenvalue weighted by molar-refractivity contribution is 7.89. The maximum atomic E-state index is 12.7. The molecule has 0 saturated carbocycles. The molecule has 0 amide bonds. The van der Waals surface area contributed by atoms with Crippen LogP contribution in [0.5, 0.6) is 0 Å². The largest absolute Gasteiger partial charge is 0.393 e.